The Bertz CT molecular complexity index is 933. The molecule has 10 heteroatoms. The molecule has 186 valence electrons. The molecule has 1 aromatic heterocycles. The molecule has 6 nitrogen and oxygen atoms in total. The number of hydrogen-bond acceptors (Lipinski definition) is 6. The predicted octanol–water partition coefficient (Wildman–Crippen LogP) is 7.67. The maximum absolute atomic E-state index is 6.26. The number of ether oxygens (including phenoxy) is 3. The minimum Gasteiger partial charge on any atom is -0.490 e. The summed E-state index contributed by atoms with van der Waals surface area (Å²) in [7, 11) is 0. The molecule has 0 N–H and O–H groups in total. The number of nitrogens with zero attached hydrogens (tertiary/aromatic N) is 2. The van der Waals surface area contributed by atoms with Crippen LogP contribution in [0.25, 0.3) is 0 Å². The minimum atomic E-state index is -0.298. The smallest absolute Gasteiger partial charge is 0.213 e. The number of benzene rings is 1. The zero-order chi connectivity index (χ0) is 25.0. The zero-order valence-corrected chi connectivity index (χ0v) is 22.3. The molecule has 0 aliphatic carbocycles. The van der Waals surface area contributed by atoms with E-state index in [1.54, 1.807) is 24.5 Å². The van der Waals surface area contributed by atoms with Crippen molar-refractivity contribution in [1.29, 1.82) is 0 Å². The van der Waals surface area contributed by atoms with E-state index in [2.05, 4.69) is 10.1 Å². The van der Waals surface area contributed by atoms with Crippen molar-refractivity contribution < 1.29 is 19.0 Å². The molecule has 0 aliphatic heterocycles. The molecule has 0 atom stereocenters. The van der Waals surface area contributed by atoms with Gasteiger partial charge in [-0.1, -0.05) is 57.6 Å². The van der Waals surface area contributed by atoms with Gasteiger partial charge in [0.1, 0.15) is 22.4 Å². The molecule has 0 saturated heterocycles. The third-order valence-electron chi connectivity index (χ3n) is 4.02. The first-order chi connectivity index (χ1) is 16.1. The van der Waals surface area contributed by atoms with E-state index in [0.29, 0.717) is 47.1 Å². The maximum atomic E-state index is 6.26. The van der Waals surface area contributed by atoms with Crippen LogP contribution in [-0.2, 0) is 11.3 Å². The van der Waals surface area contributed by atoms with Gasteiger partial charge in [-0.3, -0.25) is 0 Å². The van der Waals surface area contributed by atoms with Gasteiger partial charge in [-0.2, -0.15) is 0 Å². The summed E-state index contributed by atoms with van der Waals surface area (Å²) in [6.07, 6.45) is 7.17. The van der Waals surface area contributed by atoms with Crippen molar-refractivity contribution in [3.63, 3.8) is 0 Å². The van der Waals surface area contributed by atoms with Crippen LogP contribution in [0, 0.1) is 0 Å². The molecule has 0 bridgehead atoms. The Morgan fingerprint density at radius 2 is 1.68 bits per heavy atom. The molecule has 2 rings (SSSR count). The molecule has 0 aliphatic rings. The van der Waals surface area contributed by atoms with E-state index < -0.39 is 0 Å². The fourth-order valence-electron chi connectivity index (χ4n) is 2.47. The van der Waals surface area contributed by atoms with Crippen molar-refractivity contribution in [3.05, 3.63) is 56.6 Å². The SMILES string of the molecule is CC(C)(C)O/N=C/Cc1ccc(OCCCCOc2c(Cl)cc(OCC=C(Cl)Cl)cc2Cl)nc1. The topological polar surface area (TPSA) is 62.2 Å². The van der Waals surface area contributed by atoms with Crippen LogP contribution in [0.2, 0.25) is 10.0 Å². The van der Waals surface area contributed by atoms with Crippen LogP contribution in [0.4, 0.5) is 0 Å². The summed E-state index contributed by atoms with van der Waals surface area (Å²) in [6, 6.07) is 7.04. The first-order valence-corrected chi connectivity index (χ1v) is 12.2. The Morgan fingerprint density at radius 1 is 1.00 bits per heavy atom. The van der Waals surface area contributed by atoms with E-state index in [9.17, 15) is 0 Å². The standard InChI is InChI=1S/C24H28Cl4N2O4/c1-24(2,3)34-30-10-8-17-6-7-22(29-16-17)32-11-4-5-12-33-23-19(25)14-18(15-20(23)26)31-13-9-21(27)28/h6-7,9-10,14-16H,4-5,8,11-13H2,1-3H3/b30-10+. The summed E-state index contributed by atoms with van der Waals surface area (Å²) in [5.41, 5.74) is 0.722. The molecule has 0 unspecified atom stereocenters. The highest BCUT2D eigenvalue weighted by Gasteiger charge is 2.11. The van der Waals surface area contributed by atoms with Gasteiger partial charge in [-0.15, -0.1) is 0 Å². The molecule has 34 heavy (non-hydrogen) atoms. The van der Waals surface area contributed by atoms with E-state index in [1.807, 2.05) is 32.9 Å². The monoisotopic (exact) mass is 548 g/mol. The summed E-state index contributed by atoms with van der Waals surface area (Å²) in [4.78, 5) is 9.62. The molecule has 0 spiro atoms. The van der Waals surface area contributed by atoms with Crippen LogP contribution in [0.5, 0.6) is 17.4 Å². The Hall–Kier alpha value is -1.86. The van der Waals surface area contributed by atoms with Gasteiger partial charge in [0.05, 0.1) is 23.3 Å². The highest BCUT2D eigenvalue weighted by Crippen LogP contribution is 2.37. The lowest BCUT2D eigenvalue weighted by Crippen LogP contribution is -2.15. The van der Waals surface area contributed by atoms with Crippen LogP contribution < -0.4 is 14.2 Å². The van der Waals surface area contributed by atoms with Crippen LogP contribution in [-0.4, -0.2) is 36.6 Å². The third-order valence-corrected chi connectivity index (χ3v) is 4.89. The molecular formula is C24H28Cl4N2O4. The first kappa shape index (κ1) is 28.4. The predicted molar refractivity (Wildman–Crippen MR) is 139 cm³/mol. The second kappa shape index (κ2) is 14.5. The summed E-state index contributed by atoms with van der Waals surface area (Å²) >= 11 is 23.6. The zero-order valence-electron chi connectivity index (χ0n) is 19.3. The van der Waals surface area contributed by atoms with E-state index in [-0.39, 0.29) is 16.7 Å². The minimum absolute atomic E-state index is 0.126. The Kier molecular flexibility index (Phi) is 12.1. The first-order valence-electron chi connectivity index (χ1n) is 10.7. The number of oxime groups is 1. The quantitative estimate of drug-likeness (QED) is 0.146. The van der Waals surface area contributed by atoms with Gasteiger partial charge in [0.25, 0.3) is 0 Å². The van der Waals surface area contributed by atoms with Crippen molar-refractivity contribution >= 4 is 52.6 Å². The van der Waals surface area contributed by atoms with Gasteiger partial charge in [0.15, 0.2) is 5.75 Å². The number of unbranched alkanes of at least 4 members (excludes halogenated alkanes) is 1. The highest BCUT2D eigenvalue weighted by atomic mass is 35.5. The van der Waals surface area contributed by atoms with Crippen LogP contribution in [0.15, 0.2) is 46.2 Å². The molecule has 0 amide bonds. The number of aromatic nitrogens is 1. The van der Waals surface area contributed by atoms with Gasteiger partial charge in [-0.25, -0.2) is 4.98 Å². The van der Waals surface area contributed by atoms with Crippen molar-refractivity contribution in [3.8, 4) is 17.4 Å². The summed E-state index contributed by atoms with van der Waals surface area (Å²) in [6.45, 7) is 7.00. The number of rotatable bonds is 13. The lowest BCUT2D eigenvalue weighted by Gasteiger charge is -2.14. The number of halogens is 4. The van der Waals surface area contributed by atoms with Gasteiger partial charge >= 0.3 is 0 Å². The van der Waals surface area contributed by atoms with Gasteiger partial charge in [0, 0.05) is 37.0 Å². The van der Waals surface area contributed by atoms with E-state index in [0.717, 1.165) is 18.4 Å². The number of pyridine rings is 1. The van der Waals surface area contributed by atoms with Gasteiger partial charge in [-0.05, 0) is 45.3 Å². The summed E-state index contributed by atoms with van der Waals surface area (Å²) < 4.78 is 17.0. The van der Waals surface area contributed by atoms with Crippen molar-refractivity contribution in [2.75, 3.05) is 19.8 Å². The van der Waals surface area contributed by atoms with Crippen LogP contribution in [0.1, 0.15) is 39.2 Å². The summed E-state index contributed by atoms with van der Waals surface area (Å²) in [5.74, 6) is 1.47. The molecule has 0 saturated carbocycles. The number of hydrogen-bond donors (Lipinski definition) is 0. The van der Waals surface area contributed by atoms with Crippen molar-refractivity contribution in [1.82, 2.24) is 4.98 Å². The van der Waals surface area contributed by atoms with Gasteiger partial charge in [0.2, 0.25) is 5.88 Å². The fourth-order valence-corrected chi connectivity index (χ4v) is 3.17. The van der Waals surface area contributed by atoms with E-state index in [1.165, 1.54) is 6.08 Å². The molecule has 1 heterocycles. The molecule has 0 radical (unpaired) electrons. The van der Waals surface area contributed by atoms with Crippen molar-refractivity contribution in [2.24, 2.45) is 5.16 Å². The van der Waals surface area contributed by atoms with Crippen molar-refractivity contribution in [2.45, 2.75) is 45.6 Å². The average molecular weight is 550 g/mol. The largest absolute Gasteiger partial charge is 0.490 e. The lowest BCUT2D eigenvalue weighted by molar-refractivity contribution is 0.00165. The fraction of sp³-hybridized carbons (Fsp3) is 0.417. The van der Waals surface area contributed by atoms with E-state index in [4.69, 9.17) is 65.5 Å². The second-order valence-electron chi connectivity index (χ2n) is 8.13. The Balaban J connectivity index is 1.67. The van der Waals surface area contributed by atoms with Gasteiger partial charge < -0.3 is 19.0 Å². The average Bonchev–Trinajstić information content (AvgIpc) is 2.75. The molecule has 2 aromatic rings. The lowest BCUT2D eigenvalue weighted by atomic mass is 10.2. The highest BCUT2D eigenvalue weighted by molar-refractivity contribution is 6.55. The second-order valence-corrected chi connectivity index (χ2v) is 9.95. The normalized spacial score (nSPS) is 11.4. The van der Waals surface area contributed by atoms with Crippen LogP contribution in [0.3, 0.4) is 0 Å². The van der Waals surface area contributed by atoms with E-state index >= 15 is 0 Å². The Morgan fingerprint density at radius 3 is 2.26 bits per heavy atom. The third kappa shape index (κ3) is 11.5. The molecular weight excluding hydrogens is 522 g/mol. The van der Waals surface area contributed by atoms with Crippen LogP contribution >= 0.6 is 46.4 Å². The molecule has 1 aromatic carbocycles. The summed E-state index contributed by atoms with van der Waals surface area (Å²) in [5, 5.41) is 4.68. The Labute approximate surface area is 220 Å². The molecule has 0 fully saturated rings. The maximum Gasteiger partial charge on any atom is 0.213 e.